The molecule has 0 unspecified atom stereocenters. The Hall–Kier alpha value is 0.0469. The van der Waals surface area contributed by atoms with Crippen LogP contribution in [0.2, 0.25) is 18.1 Å². The zero-order valence-electron chi connectivity index (χ0n) is 16.0. The topological polar surface area (TPSA) is 83.8 Å². The van der Waals surface area contributed by atoms with E-state index in [9.17, 15) is 18.6 Å². The van der Waals surface area contributed by atoms with Crippen molar-refractivity contribution in [2.45, 2.75) is 84.4 Å². The van der Waals surface area contributed by atoms with E-state index in [1.54, 1.807) is 6.92 Å². The van der Waals surface area contributed by atoms with E-state index < -0.39 is 36.5 Å². The van der Waals surface area contributed by atoms with Gasteiger partial charge in [-0.15, -0.1) is 0 Å². The molecular formula is C16H36O5SSi. The summed E-state index contributed by atoms with van der Waals surface area (Å²) in [5.74, 6) is -0.0556. The highest BCUT2D eigenvalue weighted by atomic mass is 32.2. The van der Waals surface area contributed by atoms with Crippen LogP contribution in [0, 0.1) is 5.92 Å². The molecule has 0 saturated carbocycles. The van der Waals surface area contributed by atoms with Gasteiger partial charge in [0.25, 0.3) is 0 Å². The van der Waals surface area contributed by atoms with Gasteiger partial charge in [-0.2, -0.15) is 0 Å². The highest BCUT2D eigenvalue weighted by Crippen LogP contribution is 2.38. The van der Waals surface area contributed by atoms with E-state index in [-0.39, 0.29) is 22.5 Å². The largest absolute Gasteiger partial charge is 0.410 e. The van der Waals surface area contributed by atoms with Crippen molar-refractivity contribution in [1.29, 1.82) is 0 Å². The van der Waals surface area contributed by atoms with Crippen LogP contribution < -0.4 is 0 Å². The van der Waals surface area contributed by atoms with Crippen molar-refractivity contribution in [3.05, 3.63) is 0 Å². The SMILES string of the molecule is CCS(=O)(=O)C[C@@H](O[Si](C)(C)C(C)(C)C)[C@H](O)[C@H](O)CC(C)C. The van der Waals surface area contributed by atoms with Gasteiger partial charge in [0.05, 0.1) is 18.0 Å². The molecule has 140 valence electrons. The second-order valence-electron chi connectivity index (χ2n) is 8.30. The molecule has 7 heteroatoms. The fourth-order valence-electron chi connectivity index (χ4n) is 2.00. The Morgan fingerprint density at radius 2 is 1.61 bits per heavy atom. The summed E-state index contributed by atoms with van der Waals surface area (Å²) >= 11 is 0. The minimum atomic E-state index is -3.32. The molecule has 0 aliphatic heterocycles. The second kappa shape index (κ2) is 8.42. The first-order valence-corrected chi connectivity index (χ1v) is 13.1. The van der Waals surface area contributed by atoms with Crippen molar-refractivity contribution in [3.63, 3.8) is 0 Å². The molecule has 0 aliphatic rings. The molecule has 5 nitrogen and oxygen atoms in total. The molecule has 0 aromatic carbocycles. The van der Waals surface area contributed by atoms with Gasteiger partial charge in [-0.3, -0.25) is 0 Å². The molecular weight excluding hydrogens is 332 g/mol. The van der Waals surface area contributed by atoms with E-state index in [4.69, 9.17) is 4.43 Å². The summed E-state index contributed by atoms with van der Waals surface area (Å²) in [6.07, 6.45) is -2.68. The summed E-state index contributed by atoms with van der Waals surface area (Å²) in [6.45, 7) is 15.7. The zero-order chi connectivity index (χ0) is 18.6. The molecule has 0 radical (unpaired) electrons. The summed E-state index contributed by atoms with van der Waals surface area (Å²) in [5.41, 5.74) is 0. The molecule has 3 atom stereocenters. The number of aliphatic hydroxyl groups is 2. The zero-order valence-corrected chi connectivity index (χ0v) is 17.8. The monoisotopic (exact) mass is 368 g/mol. The first-order valence-electron chi connectivity index (χ1n) is 8.37. The molecule has 0 amide bonds. The number of hydrogen-bond acceptors (Lipinski definition) is 5. The van der Waals surface area contributed by atoms with Crippen molar-refractivity contribution in [3.8, 4) is 0 Å². The van der Waals surface area contributed by atoms with Crippen LogP contribution in [0.5, 0.6) is 0 Å². The molecule has 0 spiro atoms. The molecule has 0 aromatic heterocycles. The first kappa shape index (κ1) is 23.0. The fourth-order valence-corrected chi connectivity index (χ4v) is 4.45. The number of hydrogen-bond donors (Lipinski definition) is 2. The standard InChI is InChI=1S/C16H36O5SSi/c1-9-22(19,20)11-14(15(18)13(17)10-12(2)3)21-23(7,8)16(4,5)6/h12-15,17-18H,9-11H2,1-8H3/t13-,14-,15-/m1/s1. The Morgan fingerprint density at radius 1 is 1.13 bits per heavy atom. The van der Waals surface area contributed by atoms with Gasteiger partial charge in [-0.05, 0) is 30.5 Å². The number of rotatable bonds is 9. The van der Waals surface area contributed by atoms with Crippen LogP contribution in [0.3, 0.4) is 0 Å². The lowest BCUT2D eigenvalue weighted by Gasteiger charge is -2.41. The van der Waals surface area contributed by atoms with Gasteiger partial charge in [0, 0.05) is 5.75 Å². The fraction of sp³-hybridized carbons (Fsp3) is 1.00. The third-order valence-corrected chi connectivity index (χ3v) is 10.8. The Morgan fingerprint density at radius 3 is 1.96 bits per heavy atom. The predicted molar refractivity (Wildman–Crippen MR) is 97.9 cm³/mol. The third kappa shape index (κ3) is 7.64. The lowest BCUT2D eigenvalue weighted by atomic mass is 9.99. The smallest absolute Gasteiger partial charge is 0.192 e. The molecule has 0 saturated heterocycles. The van der Waals surface area contributed by atoms with E-state index in [1.165, 1.54) is 0 Å². The second-order valence-corrected chi connectivity index (χ2v) is 15.5. The number of sulfone groups is 1. The summed E-state index contributed by atoms with van der Waals surface area (Å²) < 4.78 is 30.2. The number of aliphatic hydroxyl groups excluding tert-OH is 2. The molecule has 23 heavy (non-hydrogen) atoms. The predicted octanol–water partition coefficient (Wildman–Crippen LogP) is 2.58. The first-order chi connectivity index (χ1) is 10.1. The molecule has 0 heterocycles. The maximum atomic E-state index is 12.0. The van der Waals surface area contributed by atoms with Gasteiger partial charge >= 0.3 is 0 Å². The normalized spacial score (nSPS) is 18.0. The van der Waals surface area contributed by atoms with Gasteiger partial charge in [-0.1, -0.05) is 41.5 Å². The molecule has 2 N–H and O–H groups in total. The molecule has 0 aliphatic carbocycles. The summed E-state index contributed by atoms with van der Waals surface area (Å²) in [7, 11) is -5.58. The molecule has 0 aromatic rings. The van der Waals surface area contributed by atoms with E-state index in [2.05, 4.69) is 20.8 Å². The van der Waals surface area contributed by atoms with Crippen LogP contribution in [0.1, 0.15) is 48.0 Å². The van der Waals surface area contributed by atoms with E-state index in [0.717, 1.165) is 0 Å². The molecule has 0 rings (SSSR count). The lowest BCUT2D eigenvalue weighted by Crippen LogP contribution is -2.52. The maximum Gasteiger partial charge on any atom is 0.192 e. The van der Waals surface area contributed by atoms with Crippen molar-refractivity contribution in [2.75, 3.05) is 11.5 Å². The Labute approximate surface area is 143 Å². The summed E-state index contributed by atoms with van der Waals surface area (Å²) in [6, 6.07) is 0. The Bertz CT molecular complexity index is 454. The van der Waals surface area contributed by atoms with Crippen LogP contribution in [-0.2, 0) is 14.3 Å². The average molecular weight is 369 g/mol. The maximum absolute atomic E-state index is 12.0. The van der Waals surface area contributed by atoms with Crippen LogP contribution in [0.15, 0.2) is 0 Å². The Balaban J connectivity index is 5.40. The average Bonchev–Trinajstić information content (AvgIpc) is 2.34. The quantitative estimate of drug-likeness (QED) is 0.611. The van der Waals surface area contributed by atoms with Crippen molar-refractivity contribution < 1.29 is 23.1 Å². The third-order valence-electron chi connectivity index (χ3n) is 4.60. The summed E-state index contributed by atoms with van der Waals surface area (Å²) in [5, 5.41) is 20.6. The Kier molecular flexibility index (Phi) is 8.44. The van der Waals surface area contributed by atoms with E-state index in [1.807, 2.05) is 26.9 Å². The minimum Gasteiger partial charge on any atom is -0.410 e. The van der Waals surface area contributed by atoms with E-state index in [0.29, 0.717) is 6.42 Å². The van der Waals surface area contributed by atoms with Crippen molar-refractivity contribution in [2.24, 2.45) is 5.92 Å². The van der Waals surface area contributed by atoms with E-state index >= 15 is 0 Å². The van der Waals surface area contributed by atoms with Gasteiger partial charge in [0.2, 0.25) is 0 Å². The van der Waals surface area contributed by atoms with Crippen LogP contribution in [0.25, 0.3) is 0 Å². The van der Waals surface area contributed by atoms with Crippen molar-refractivity contribution in [1.82, 2.24) is 0 Å². The van der Waals surface area contributed by atoms with Gasteiger partial charge in [0.1, 0.15) is 6.10 Å². The molecule has 0 fully saturated rings. The van der Waals surface area contributed by atoms with Gasteiger partial charge < -0.3 is 14.6 Å². The minimum absolute atomic E-state index is 0.00262. The highest BCUT2D eigenvalue weighted by Gasteiger charge is 2.42. The van der Waals surface area contributed by atoms with Crippen LogP contribution >= 0.6 is 0 Å². The summed E-state index contributed by atoms with van der Waals surface area (Å²) in [4.78, 5) is 0. The van der Waals surface area contributed by atoms with Gasteiger partial charge in [-0.25, -0.2) is 8.42 Å². The lowest BCUT2D eigenvalue weighted by molar-refractivity contribution is -0.0523. The highest BCUT2D eigenvalue weighted by molar-refractivity contribution is 7.91. The van der Waals surface area contributed by atoms with Crippen molar-refractivity contribution >= 4 is 18.2 Å². The molecule has 0 bridgehead atoms. The van der Waals surface area contributed by atoms with Crippen LogP contribution in [-0.4, -0.2) is 56.8 Å². The van der Waals surface area contributed by atoms with Gasteiger partial charge in [0.15, 0.2) is 18.2 Å². The van der Waals surface area contributed by atoms with Crippen LogP contribution in [0.4, 0.5) is 0 Å².